The minimum absolute atomic E-state index is 0.354. The summed E-state index contributed by atoms with van der Waals surface area (Å²) in [6.45, 7) is 1.77. The molecule has 0 radical (unpaired) electrons. The van der Waals surface area contributed by atoms with Crippen LogP contribution in [0.3, 0.4) is 0 Å². The molecular weight excluding hydrogens is 188 g/mol. The van der Waals surface area contributed by atoms with E-state index in [0.717, 1.165) is 12.3 Å². The van der Waals surface area contributed by atoms with Crippen LogP contribution < -0.4 is 5.43 Å². The Balaban J connectivity index is 0.000000146. The number of nitrogens with zero attached hydrogens (tertiary/aromatic N) is 3. The van der Waals surface area contributed by atoms with Crippen molar-refractivity contribution in [3.8, 4) is 5.75 Å². The zero-order valence-corrected chi connectivity index (χ0v) is 7.34. The van der Waals surface area contributed by atoms with Crippen molar-refractivity contribution in [3.05, 3.63) is 34.6 Å². The summed E-state index contributed by atoms with van der Waals surface area (Å²) < 4.78 is 4.44. The normalized spacial score (nSPS) is 8.93. The van der Waals surface area contributed by atoms with Crippen molar-refractivity contribution in [1.82, 2.24) is 20.6 Å². The van der Waals surface area contributed by atoms with E-state index in [4.69, 9.17) is 5.11 Å². The maximum Gasteiger partial charge on any atom is 0.226 e. The molecule has 0 unspecified atom stereocenters. The molecule has 0 aromatic carbocycles. The van der Waals surface area contributed by atoms with Crippen molar-refractivity contribution in [1.29, 1.82) is 0 Å². The van der Waals surface area contributed by atoms with Crippen molar-refractivity contribution >= 4 is 0 Å². The van der Waals surface area contributed by atoms with Gasteiger partial charge in [-0.15, -0.1) is 10.2 Å². The molecule has 2 rings (SSSR count). The summed E-state index contributed by atoms with van der Waals surface area (Å²) in [5.74, 6) is 0.322. The van der Waals surface area contributed by atoms with Crippen molar-refractivity contribution in [3.63, 3.8) is 0 Å². The van der Waals surface area contributed by atoms with E-state index in [9.17, 15) is 4.79 Å². The van der Waals surface area contributed by atoms with Crippen LogP contribution in [0.5, 0.6) is 5.75 Å². The number of aromatic amines is 1. The molecule has 2 heterocycles. The topological polar surface area (TPSA) is 105 Å². The smallest absolute Gasteiger partial charge is 0.226 e. The summed E-state index contributed by atoms with van der Waals surface area (Å²) in [7, 11) is 0. The lowest BCUT2D eigenvalue weighted by molar-refractivity contribution is 0.429. The predicted octanol–water partition coefficient (Wildman–Crippen LogP) is -0.146. The molecule has 0 bridgehead atoms. The van der Waals surface area contributed by atoms with Gasteiger partial charge in [-0.1, -0.05) is 5.21 Å². The minimum Gasteiger partial charge on any atom is -0.502 e. The number of H-pyrrole nitrogens is 1. The first kappa shape index (κ1) is 9.90. The van der Waals surface area contributed by atoms with Gasteiger partial charge in [0.15, 0.2) is 11.6 Å². The Labute approximate surface area is 78.4 Å². The lowest BCUT2D eigenvalue weighted by Crippen LogP contribution is -1.93. The van der Waals surface area contributed by atoms with Crippen molar-refractivity contribution in [2.45, 2.75) is 6.92 Å². The number of aryl methyl sites for hydroxylation is 1. The van der Waals surface area contributed by atoms with E-state index in [1.165, 1.54) is 6.26 Å². The molecule has 0 atom stereocenters. The maximum absolute atomic E-state index is 10.3. The van der Waals surface area contributed by atoms with E-state index >= 15 is 0 Å². The molecule has 0 amide bonds. The number of aromatic nitrogens is 4. The number of rotatable bonds is 0. The lowest BCUT2D eigenvalue weighted by Gasteiger charge is -1.82. The van der Waals surface area contributed by atoms with Gasteiger partial charge in [-0.05, 0) is 6.92 Å². The summed E-state index contributed by atoms with van der Waals surface area (Å²) in [5, 5.41) is 21.2. The second-order valence-corrected chi connectivity index (χ2v) is 2.27. The predicted molar refractivity (Wildman–Crippen MR) is 45.6 cm³/mol. The number of tetrazole rings is 1. The standard InChI is InChI=1S/C5H4O3.C2H4N4/c6-4-1-2-8-3-5(4)7;1-2-3-5-6-4-2/h1-3,7H;1H3,(H,3,4,5,6). The van der Waals surface area contributed by atoms with Gasteiger partial charge in [-0.25, -0.2) is 0 Å². The lowest BCUT2D eigenvalue weighted by atomic mass is 10.5. The molecule has 2 N–H and O–H groups in total. The number of nitrogens with one attached hydrogen (secondary N) is 1. The van der Waals surface area contributed by atoms with Gasteiger partial charge in [0.2, 0.25) is 5.43 Å². The third-order valence-electron chi connectivity index (χ3n) is 1.18. The first-order valence-electron chi connectivity index (χ1n) is 3.65. The highest BCUT2D eigenvalue weighted by atomic mass is 16.3. The molecule has 0 aliphatic carbocycles. The largest absolute Gasteiger partial charge is 0.502 e. The Hall–Kier alpha value is -2.18. The summed E-state index contributed by atoms with van der Waals surface area (Å²) >= 11 is 0. The number of aromatic hydroxyl groups is 1. The van der Waals surface area contributed by atoms with Gasteiger partial charge >= 0.3 is 0 Å². The Morgan fingerprint density at radius 2 is 2.36 bits per heavy atom. The molecule has 0 saturated carbocycles. The highest BCUT2D eigenvalue weighted by molar-refractivity contribution is 5.10. The summed E-state index contributed by atoms with van der Waals surface area (Å²) in [5.41, 5.74) is -0.420. The average molecular weight is 196 g/mol. The molecule has 7 nitrogen and oxygen atoms in total. The molecule has 74 valence electrons. The fraction of sp³-hybridized carbons (Fsp3) is 0.143. The summed E-state index contributed by atoms with van der Waals surface area (Å²) in [6.07, 6.45) is 2.20. The molecule has 2 aromatic rings. The minimum atomic E-state index is -0.420. The van der Waals surface area contributed by atoms with Crippen molar-refractivity contribution in [2.75, 3.05) is 0 Å². The second-order valence-electron chi connectivity index (χ2n) is 2.27. The Morgan fingerprint density at radius 3 is 2.64 bits per heavy atom. The SMILES string of the molecule is Cc1nn[nH]n1.O=c1ccocc1O. The van der Waals surface area contributed by atoms with Crippen LogP contribution in [-0.4, -0.2) is 25.7 Å². The second kappa shape index (κ2) is 4.75. The highest BCUT2D eigenvalue weighted by Crippen LogP contribution is 1.94. The van der Waals surface area contributed by atoms with Crippen LogP contribution in [0.25, 0.3) is 0 Å². The van der Waals surface area contributed by atoms with Gasteiger partial charge in [-0.2, -0.15) is 5.21 Å². The summed E-state index contributed by atoms with van der Waals surface area (Å²) in [6, 6.07) is 1.15. The van der Waals surface area contributed by atoms with Crippen molar-refractivity contribution < 1.29 is 9.52 Å². The zero-order valence-electron chi connectivity index (χ0n) is 7.34. The molecule has 0 saturated heterocycles. The molecule has 0 aliphatic heterocycles. The van der Waals surface area contributed by atoms with E-state index in [1.807, 2.05) is 0 Å². The van der Waals surface area contributed by atoms with Gasteiger partial charge in [0, 0.05) is 6.07 Å². The van der Waals surface area contributed by atoms with E-state index in [-0.39, 0.29) is 5.75 Å². The molecule has 0 spiro atoms. The molecule has 14 heavy (non-hydrogen) atoms. The van der Waals surface area contributed by atoms with Crippen LogP contribution in [0.15, 0.2) is 27.8 Å². The van der Waals surface area contributed by atoms with Gasteiger partial charge in [0.1, 0.15) is 6.26 Å². The molecule has 0 fully saturated rings. The maximum atomic E-state index is 10.3. The van der Waals surface area contributed by atoms with Crippen LogP contribution in [0.4, 0.5) is 0 Å². The first-order valence-corrected chi connectivity index (χ1v) is 3.65. The van der Waals surface area contributed by atoms with E-state index < -0.39 is 5.43 Å². The van der Waals surface area contributed by atoms with Gasteiger partial charge in [0.25, 0.3) is 0 Å². The highest BCUT2D eigenvalue weighted by Gasteiger charge is 1.89. The third-order valence-corrected chi connectivity index (χ3v) is 1.18. The monoisotopic (exact) mass is 196 g/mol. The summed E-state index contributed by atoms with van der Waals surface area (Å²) in [4.78, 5) is 10.3. The van der Waals surface area contributed by atoms with Gasteiger partial charge in [0.05, 0.1) is 6.26 Å². The number of hydrogen-bond acceptors (Lipinski definition) is 6. The number of hydrogen-bond donors (Lipinski definition) is 2. The third kappa shape index (κ3) is 3.05. The van der Waals surface area contributed by atoms with Gasteiger partial charge in [-0.3, -0.25) is 4.79 Å². The van der Waals surface area contributed by atoms with Gasteiger partial charge < -0.3 is 9.52 Å². The molecule has 2 aromatic heterocycles. The van der Waals surface area contributed by atoms with Crippen LogP contribution in [0.2, 0.25) is 0 Å². The molecule has 7 heteroatoms. The van der Waals surface area contributed by atoms with Crippen molar-refractivity contribution in [2.24, 2.45) is 0 Å². The first-order chi connectivity index (χ1) is 6.70. The van der Waals surface area contributed by atoms with E-state index in [1.54, 1.807) is 6.92 Å². The molecular formula is C7H8N4O3. The van der Waals surface area contributed by atoms with Crippen LogP contribution in [-0.2, 0) is 0 Å². The Morgan fingerprint density at radius 1 is 1.57 bits per heavy atom. The fourth-order valence-electron chi connectivity index (χ4n) is 0.560. The van der Waals surface area contributed by atoms with E-state index in [2.05, 4.69) is 25.0 Å². The zero-order chi connectivity index (χ0) is 10.4. The quantitative estimate of drug-likeness (QED) is 0.607. The molecule has 0 aliphatic rings. The van der Waals surface area contributed by atoms with E-state index in [0.29, 0.717) is 5.82 Å². The van der Waals surface area contributed by atoms with Crippen LogP contribution >= 0.6 is 0 Å². The Kier molecular flexibility index (Phi) is 3.36. The fourth-order valence-corrected chi connectivity index (χ4v) is 0.560. The Bertz CT molecular complexity index is 423. The van der Waals surface area contributed by atoms with Crippen LogP contribution in [0.1, 0.15) is 5.82 Å². The van der Waals surface area contributed by atoms with Crippen LogP contribution in [0, 0.1) is 6.92 Å². The average Bonchev–Trinajstić information content (AvgIpc) is 2.63.